The van der Waals surface area contributed by atoms with Crippen LogP contribution < -0.4 is 14.8 Å². The van der Waals surface area contributed by atoms with Gasteiger partial charge in [0.15, 0.2) is 11.5 Å². The molecule has 0 saturated heterocycles. The van der Waals surface area contributed by atoms with Gasteiger partial charge in [0.2, 0.25) is 0 Å². The largest absolute Gasteiger partial charge is 0.490 e. The van der Waals surface area contributed by atoms with Crippen molar-refractivity contribution in [3.63, 3.8) is 0 Å². The minimum atomic E-state index is -1.31. The lowest BCUT2D eigenvalue weighted by Crippen LogP contribution is -2.27. The van der Waals surface area contributed by atoms with Gasteiger partial charge in [0, 0.05) is 17.7 Å². The van der Waals surface area contributed by atoms with Crippen LogP contribution in [0.1, 0.15) is 28.4 Å². The van der Waals surface area contributed by atoms with Crippen molar-refractivity contribution < 1.29 is 29.1 Å². The minimum Gasteiger partial charge on any atom is -0.490 e. The molecule has 9 nitrogen and oxygen atoms in total. The summed E-state index contributed by atoms with van der Waals surface area (Å²) in [6.45, 7) is 2.13. The van der Waals surface area contributed by atoms with Gasteiger partial charge in [-0.3, -0.25) is 14.9 Å². The quantitative estimate of drug-likeness (QED) is 0.205. The maximum atomic E-state index is 12.4. The Bertz CT molecular complexity index is 1280. The third kappa shape index (κ3) is 6.90. The lowest BCUT2D eigenvalue weighted by atomic mass is 10.1. The van der Waals surface area contributed by atoms with Crippen LogP contribution in [0, 0.1) is 10.1 Å². The van der Waals surface area contributed by atoms with Crippen LogP contribution in [0.5, 0.6) is 11.5 Å². The standard InChI is InChI=1S/C25H21BrN2O7/c1-2-34-22-14-17(13-21(25(30)31)27-24(29)18-8-4-3-5-9-18)12-20(26)23(22)35-15-16-7-6-10-19(11-16)28(32)33/h3-14H,2,15H2,1H3,(H,27,29)(H,30,31)/b21-13+. The number of hydrogen-bond donors (Lipinski definition) is 2. The summed E-state index contributed by atoms with van der Waals surface area (Å²) in [6.07, 6.45) is 1.31. The van der Waals surface area contributed by atoms with Crippen molar-refractivity contribution in [3.8, 4) is 11.5 Å². The number of nitrogens with zero attached hydrogens (tertiary/aromatic N) is 1. The predicted molar refractivity (Wildman–Crippen MR) is 132 cm³/mol. The molecule has 3 aromatic carbocycles. The molecule has 0 atom stereocenters. The fraction of sp³-hybridized carbons (Fsp3) is 0.120. The molecule has 0 spiro atoms. The van der Waals surface area contributed by atoms with Crippen molar-refractivity contribution in [2.75, 3.05) is 6.61 Å². The molecule has 3 aromatic rings. The molecule has 35 heavy (non-hydrogen) atoms. The summed E-state index contributed by atoms with van der Waals surface area (Å²) in [5.41, 5.74) is 0.983. The Morgan fingerprint density at radius 3 is 2.49 bits per heavy atom. The van der Waals surface area contributed by atoms with Crippen LogP contribution in [0.25, 0.3) is 6.08 Å². The summed E-state index contributed by atoms with van der Waals surface area (Å²) in [5, 5.41) is 23.0. The van der Waals surface area contributed by atoms with Crippen molar-refractivity contribution in [2.45, 2.75) is 13.5 Å². The van der Waals surface area contributed by atoms with Gasteiger partial charge in [-0.15, -0.1) is 0 Å². The molecule has 0 fully saturated rings. The van der Waals surface area contributed by atoms with E-state index in [0.717, 1.165) is 0 Å². The molecule has 2 N–H and O–H groups in total. The predicted octanol–water partition coefficient (Wildman–Crippen LogP) is 5.19. The zero-order valence-corrected chi connectivity index (χ0v) is 20.2. The molecule has 0 saturated carbocycles. The number of carboxylic acids is 1. The van der Waals surface area contributed by atoms with Gasteiger partial charge in [-0.1, -0.05) is 30.3 Å². The molecular weight excluding hydrogens is 520 g/mol. The molecule has 0 aliphatic carbocycles. The molecule has 0 aliphatic heterocycles. The summed E-state index contributed by atoms with van der Waals surface area (Å²) in [5.74, 6) is -1.19. The molecule has 0 bridgehead atoms. The first-order valence-electron chi connectivity index (χ1n) is 10.4. The number of carbonyl (C=O) groups is 2. The van der Waals surface area contributed by atoms with Crippen molar-refractivity contribution >= 4 is 39.6 Å². The third-order valence-electron chi connectivity index (χ3n) is 4.66. The van der Waals surface area contributed by atoms with Crippen LogP contribution in [-0.2, 0) is 11.4 Å². The van der Waals surface area contributed by atoms with E-state index in [4.69, 9.17) is 9.47 Å². The van der Waals surface area contributed by atoms with Gasteiger partial charge < -0.3 is 19.9 Å². The van der Waals surface area contributed by atoms with Gasteiger partial charge in [-0.25, -0.2) is 4.79 Å². The number of nitrogens with one attached hydrogen (secondary N) is 1. The summed E-state index contributed by atoms with van der Waals surface area (Å²) >= 11 is 3.42. The van der Waals surface area contributed by atoms with Crippen molar-refractivity contribution in [3.05, 3.63) is 104 Å². The Morgan fingerprint density at radius 2 is 1.83 bits per heavy atom. The molecule has 0 heterocycles. The SMILES string of the molecule is CCOc1cc(/C=C(/NC(=O)c2ccccc2)C(=O)O)cc(Br)c1OCc1cccc([N+](=O)[O-])c1. The molecule has 10 heteroatoms. The van der Waals surface area contributed by atoms with E-state index in [9.17, 15) is 24.8 Å². The Labute approximate surface area is 209 Å². The number of non-ortho nitro benzene ring substituents is 1. The molecule has 3 rings (SSSR count). The number of nitro benzene ring substituents is 1. The van der Waals surface area contributed by atoms with Crippen LogP contribution in [0.15, 0.2) is 76.9 Å². The summed E-state index contributed by atoms with van der Waals surface area (Å²) in [6, 6.07) is 17.5. The number of amides is 1. The second-order valence-corrected chi connectivity index (χ2v) is 8.02. The van der Waals surface area contributed by atoms with E-state index in [0.29, 0.717) is 39.3 Å². The smallest absolute Gasteiger partial charge is 0.352 e. The second kappa shape index (κ2) is 11.8. The van der Waals surface area contributed by atoms with E-state index in [1.165, 1.54) is 18.2 Å². The van der Waals surface area contributed by atoms with E-state index >= 15 is 0 Å². The number of rotatable bonds is 10. The zero-order chi connectivity index (χ0) is 25.4. The lowest BCUT2D eigenvalue weighted by Gasteiger charge is -2.15. The number of halogens is 1. The average molecular weight is 541 g/mol. The molecule has 0 radical (unpaired) electrons. The Kier molecular flexibility index (Phi) is 8.58. The highest BCUT2D eigenvalue weighted by atomic mass is 79.9. The average Bonchev–Trinajstić information content (AvgIpc) is 2.84. The van der Waals surface area contributed by atoms with Crippen molar-refractivity contribution in [2.24, 2.45) is 0 Å². The van der Waals surface area contributed by atoms with Crippen molar-refractivity contribution in [1.29, 1.82) is 0 Å². The van der Waals surface area contributed by atoms with Gasteiger partial charge >= 0.3 is 5.97 Å². The Balaban J connectivity index is 1.87. The van der Waals surface area contributed by atoms with Gasteiger partial charge in [0.25, 0.3) is 11.6 Å². The number of aliphatic carboxylic acids is 1. The second-order valence-electron chi connectivity index (χ2n) is 7.16. The third-order valence-corrected chi connectivity index (χ3v) is 5.25. The number of ether oxygens (including phenoxy) is 2. The molecule has 0 unspecified atom stereocenters. The van der Waals surface area contributed by atoms with Crippen LogP contribution in [-0.4, -0.2) is 28.5 Å². The maximum absolute atomic E-state index is 12.4. The highest BCUT2D eigenvalue weighted by Gasteiger charge is 2.17. The van der Waals surface area contributed by atoms with Crippen LogP contribution >= 0.6 is 15.9 Å². The Hall–Kier alpha value is -4.18. The van der Waals surface area contributed by atoms with Crippen molar-refractivity contribution in [1.82, 2.24) is 5.32 Å². The van der Waals surface area contributed by atoms with Crippen LogP contribution in [0.4, 0.5) is 5.69 Å². The topological polar surface area (TPSA) is 128 Å². The normalized spacial score (nSPS) is 11.0. The lowest BCUT2D eigenvalue weighted by molar-refractivity contribution is -0.384. The van der Waals surface area contributed by atoms with Gasteiger partial charge in [0.1, 0.15) is 12.3 Å². The molecule has 180 valence electrons. The Morgan fingerprint density at radius 1 is 1.09 bits per heavy atom. The highest BCUT2D eigenvalue weighted by molar-refractivity contribution is 9.10. The highest BCUT2D eigenvalue weighted by Crippen LogP contribution is 2.38. The summed E-state index contributed by atoms with van der Waals surface area (Å²) in [7, 11) is 0. The van der Waals surface area contributed by atoms with E-state index in [1.54, 1.807) is 61.5 Å². The zero-order valence-electron chi connectivity index (χ0n) is 18.6. The number of nitro groups is 1. The first-order chi connectivity index (χ1) is 16.8. The summed E-state index contributed by atoms with van der Waals surface area (Å²) < 4.78 is 12.0. The minimum absolute atomic E-state index is 0.0447. The maximum Gasteiger partial charge on any atom is 0.352 e. The monoisotopic (exact) mass is 540 g/mol. The number of carboxylic acid groups (broad SMARTS) is 1. The van der Waals surface area contributed by atoms with Crippen LogP contribution in [0.2, 0.25) is 0 Å². The fourth-order valence-corrected chi connectivity index (χ4v) is 3.67. The number of hydrogen-bond acceptors (Lipinski definition) is 6. The van der Waals surface area contributed by atoms with E-state index < -0.39 is 16.8 Å². The van der Waals surface area contributed by atoms with E-state index in [1.807, 2.05) is 0 Å². The first-order valence-corrected chi connectivity index (χ1v) is 11.2. The first kappa shape index (κ1) is 25.4. The fourth-order valence-electron chi connectivity index (χ4n) is 3.09. The van der Waals surface area contributed by atoms with E-state index in [2.05, 4.69) is 21.2 Å². The molecule has 0 aromatic heterocycles. The van der Waals surface area contributed by atoms with E-state index in [-0.39, 0.29) is 18.0 Å². The molecule has 1 amide bonds. The molecular formula is C25H21BrN2O7. The number of carbonyl (C=O) groups excluding carboxylic acids is 1. The van der Waals surface area contributed by atoms with Gasteiger partial charge in [-0.05, 0) is 64.3 Å². The summed E-state index contributed by atoms with van der Waals surface area (Å²) in [4.78, 5) is 34.7. The van der Waals surface area contributed by atoms with Gasteiger partial charge in [0.05, 0.1) is 16.0 Å². The number of benzene rings is 3. The van der Waals surface area contributed by atoms with Gasteiger partial charge in [-0.2, -0.15) is 0 Å². The van der Waals surface area contributed by atoms with Crippen LogP contribution in [0.3, 0.4) is 0 Å². The molecule has 0 aliphatic rings.